The average molecular weight is 277 g/mol. The maximum atomic E-state index is 10.6. The zero-order valence-electron chi connectivity index (χ0n) is 9.46. The third-order valence-corrected chi connectivity index (χ3v) is 1.53. The van der Waals surface area contributed by atoms with Crippen LogP contribution in [-0.4, -0.2) is 33.3 Å². The molecule has 0 atom stereocenters. The molecule has 0 radical (unpaired) electrons. The number of carboxylic acid groups (broad SMARTS) is 2. The molecular weight excluding hydrogens is 267 g/mol. The van der Waals surface area contributed by atoms with Crippen molar-refractivity contribution < 1.29 is 33.0 Å². The van der Waals surface area contributed by atoms with E-state index in [2.05, 4.69) is 4.98 Å². The number of aromatic nitrogens is 1. The number of nitrogens with zero attached hydrogens (tertiary/aromatic N) is 1. The molecule has 0 aliphatic heterocycles. The van der Waals surface area contributed by atoms with Gasteiger partial charge in [0.1, 0.15) is 0 Å². The van der Waals surface area contributed by atoms with E-state index in [1.54, 1.807) is 30.6 Å². The van der Waals surface area contributed by atoms with Crippen molar-refractivity contribution >= 4 is 18.0 Å². The highest BCUT2D eigenvalue weighted by Gasteiger charge is 2.38. The molecule has 0 unspecified atom stereocenters. The fourth-order valence-corrected chi connectivity index (χ4v) is 0.770. The molecule has 19 heavy (non-hydrogen) atoms. The van der Waals surface area contributed by atoms with Crippen LogP contribution < -0.4 is 0 Å². The van der Waals surface area contributed by atoms with Crippen LogP contribution in [0, 0.1) is 0 Å². The van der Waals surface area contributed by atoms with Crippen LogP contribution in [0.25, 0.3) is 6.08 Å². The maximum Gasteiger partial charge on any atom is 0.490 e. The summed E-state index contributed by atoms with van der Waals surface area (Å²) in [5.41, 5.74) is 0.916. The fraction of sp³-hybridized carbons (Fsp3) is 0.182. The van der Waals surface area contributed by atoms with Crippen molar-refractivity contribution in [3.8, 4) is 0 Å². The van der Waals surface area contributed by atoms with Crippen molar-refractivity contribution in [2.75, 3.05) is 0 Å². The van der Waals surface area contributed by atoms with Gasteiger partial charge in [-0.25, -0.2) is 4.79 Å². The van der Waals surface area contributed by atoms with Gasteiger partial charge in [-0.05, 0) is 11.6 Å². The number of aliphatic carboxylic acids is 2. The molecular formula is C11H10F3NO4. The van der Waals surface area contributed by atoms with E-state index in [0.29, 0.717) is 0 Å². The van der Waals surface area contributed by atoms with Gasteiger partial charge in [0, 0.05) is 12.4 Å². The Morgan fingerprint density at radius 2 is 1.89 bits per heavy atom. The Kier molecular flexibility index (Phi) is 6.87. The standard InChI is InChI=1S/C9H9NO2.C2HF3O2/c11-9(12)5-1-3-8-4-2-6-10-7-8;3-2(4,5)1(6)7/h1-4,6-7H,5H2,(H,11,12);(H,6,7). The Morgan fingerprint density at radius 3 is 2.26 bits per heavy atom. The molecule has 1 aromatic heterocycles. The summed E-state index contributed by atoms with van der Waals surface area (Å²) in [7, 11) is 0. The third kappa shape index (κ3) is 9.33. The van der Waals surface area contributed by atoms with Crippen molar-refractivity contribution in [3.05, 3.63) is 36.2 Å². The Hall–Kier alpha value is -2.38. The molecule has 1 rings (SSSR count). The zero-order chi connectivity index (χ0) is 14.9. The molecule has 0 aliphatic rings. The minimum Gasteiger partial charge on any atom is -0.481 e. The highest BCUT2D eigenvalue weighted by Crippen LogP contribution is 2.13. The first kappa shape index (κ1) is 16.6. The molecule has 0 saturated heterocycles. The maximum absolute atomic E-state index is 10.6. The van der Waals surface area contributed by atoms with Crippen LogP contribution in [0.1, 0.15) is 12.0 Å². The molecule has 0 amide bonds. The number of pyridine rings is 1. The van der Waals surface area contributed by atoms with E-state index in [0.717, 1.165) is 5.56 Å². The van der Waals surface area contributed by atoms with Gasteiger partial charge in [0.25, 0.3) is 0 Å². The summed E-state index contributed by atoms with van der Waals surface area (Å²) in [6.45, 7) is 0. The van der Waals surface area contributed by atoms with Crippen molar-refractivity contribution in [2.45, 2.75) is 12.6 Å². The molecule has 1 aromatic rings. The summed E-state index contributed by atoms with van der Waals surface area (Å²) in [4.78, 5) is 22.9. The second-order valence-electron chi connectivity index (χ2n) is 3.09. The predicted octanol–water partition coefficient (Wildman–Crippen LogP) is 2.20. The summed E-state index contributed by atoms with van der Waals surface area (Å²) in [6.07, 6.45) is 1.66. The van der Waals surface area contributed by atoms with Gasteiger partial charge in [-0.2, -0.15) is 13.2 Å². The summed E-state index contributed by atoms with van der Waals surface area (Å²) >= 11 is 0. The Labute approximate surface area is 106 Å². The minimum absolute atomic E-state index is 0.0505. The first-order valence-electron chi connectivity index (χ1n) is 4.82. The van der Waals surface area contributed by atoms with E-state index in [1.165, 1.54) is 0 Å². The average Bonchev–Trinajstić information content (AvgIpc) is 2.29. The van der Waals surface area contributed by atoms with E-state index in [9.17, 15) is 18.0 Å². The molecule has 0 spiro atoms. The second kappa shape index (κ2) is 7.85. The van der Waals surface area contributed by atoms with E-state index in [1.807, 2.05) is 6.07 Å². The lowest BCUT2D eigenvalue weighted by atomic mass is 10.2. The van der Waals surface area contributed by atoms with Gasteiger partial charge in [0.05, 0.1) is 6.42 Å². The smallest absolute Gasteiger partial charge is 0.481 e. The van der Waals surface area contributed by atoms with Gasteiger partial charge < -0.3 is 10.2 Å². The van der Waals surface area contributed by atoms with Crippen molar-refractivity contribution in [1.82, 2.24) is 4.98 Å². The third-order valence-electron chi connectivity index (χ3n) is 1.53. The number of carbonyl (C=O) groups is 2. The topological polar surface area (TPSA) is 87.5 Å². The van der Waals surface area contributed by atoms with Crippen LogP contribution in [0.4, 0.5) is 13.2 Å². The number of alkyl halides is 3. The van der Waals surface area contributed by atoms with E-state index < -0.39 is 18.1 Å². The summed E-state index contributed by atoms with van der Waals surface area (Å²) < 4.78 is 31.7. The minimum atomic E-state index is -5.08. The Balaban J connectivity index is 0.000000399. The number of halogens is 3. The fourth-order valence-electron chi connectivity index (χ4n) is 0.770. The Bertz CT molecular complexity index is 443. The molecule has 0 aliphatic carbocycles. The zero-order valence-corrected chi connectivity index (χ0v) is 9.46. The molecule has 2 N–H and O–H groups in total. The summed E-state index contributed by atoms with van der Waals surface area (Å²) in [6, 6.07) is 3.67. The summed E-state index contributed by atoms with van der Waals surface area (Å²) in [5, 5.41) is 15.4. The van der Waals surface area contributed by atoms with E-state index in [4.69, 9.17) is 15.0 Å². The number of rotatable bonds is 3. The normalized spacial score (nSPS) is 10.7. The second-order valence-corrected chi connectivity index (χ2v) is 3.09. The molecule has 5 nitrogen and oxygen atoms in total. The lowest BCUT2D eigenvalue weighted by Crippen LogP contribution is -2.21. The first-order valence-corrected chi connectivity index (χ1v) is 4.82. The van der Waals surface area contributed by atoms with Crippen LogP contribution in [0.15, 0.2) is 30.6 Å². The monoisotopic (exact) mass is 277 g/mol. The SMILES string of the molecule is O=C(O)C(F)(F)F.O=C(O)CC=Cc1cccnc1. The van der Waals surface area contributed by atoms with Crippen LogP contribution in [0.2, 0.25) is 0 Å². The van der Waals surface area contributed by atoms with Gasteiger partial charge >= 0.3 is 18.1 Å². The molecule has 104 valence electrons. The van der Waals surface area contributed by atoms with Crippen LogP contribution in [0.5, 0.6) is 0 Å². The lowest BCUT2D eigenvalue weighted by Gasteiger charge is -1.93. The molecule has 8 heteroatoms. The number of hydrogen-bond donors (Lipinski definition) is 2. The quantitative estimate of drug-likeness (QED) is 0.884. The summed E-state index contributed by atoms with van der Waals surface area (Å²) in [5.74, 6) is -3.58. The molecule has 1 heterocycles. The van der Waals surface area contributed by atoms with Crippen LogP contribution in [-0.2, 0) is 9.59 Å². The predicted molar refractivity (Wildman–Crippen MR) is 59.2 cm³/mol. The van der Waals surface area contributed by atoms with Gasteiger partial charge in [-0.1, -0.05) is 18.2 Å². The van der Waals surface area contributed by atoms with E-state index in [-0.39, 0.29) is 6.42 Å². The van der Waals surface area contributed by atoms with Crippen LogP contribution in [0.3, 0.4) is 0 Å². The largest absolute Gasteiger partial charge is 0.490 e. The highest BCUT2D eigenvalue weighted by atomic mass is 19.4. The van der Waals surface area contributed by atoms with Gasteiger partial charge in [-0.3, -0.25) is 9.78 Å². The first-order chi connectivity index (χ1) is 8.73. The molecule has 0 fully saturated rings. The van der Waals surface area contributed by atoms with Crippen LogP contribution >= 0.6 is 0 Å². The van der Waals surface area contributed by atoms with Crippen molar-refractivity contribution in [1.29, 1.82) is 0 Å². The van der Waals surface area contributed by atoms with Crippen molar-refractivity contribution in [3.63, 3.8) is 0 Å². The van der Waals surface area contributed by atoms with Crippen molar-refractivity contribution in [2.24, 2.45) is 0 Å². The highest BCUT2D eigenvalue weighted by molar-refractivity contribution is 5.73. The van der Waals surface area contributed by atoms with Gasteiger partial charge in [0.2, 0.25) is 0 Å². The van der Waals surface area contributed by atoms with Gasteiger partial charge in [0.15, 0.2) is 0 Å². The van der Waals surface area contributed by atoms with E-state index >= 15 is 0 Å². The molecule has 0 aromatic carbocycles. The molecule has 0 bridgehead atoms. The lowest BCUT2D eigenvalue weighted by molar-refractivity contribution is -0.192. The molecule has 0 saturated carbocycles. The van der Waals surface area contributed by atoms with Gasteiger partial charge in [-0.15, -0.1) is 0 Å². The Morgan fingerprint density at radius 1 is 1.32 bits per heavy atom. The number of hydrogen-bond acceptors (Lipinski definition) is 3. The number of carboxylic acids is 2.